The van der Waals surface area contributed by atoms with E-state index in [1.54, 1.807) is 0 Å². The highest BCUT2D eigenvalue weighted by atomic mass is 16.5. The second-order valence-corrected chi connectivity index (χ2v) is 4.96. The first-order chi connectivity index (χ1) is 9.28. The van der Waals surface area contributed by atoms with Crippen molar-refractivity contribution in [2.24, 2.45) is 0 Å². The van der Waals surface area contributed by atoms with Gasteiger partial charge in [0.05, 0.1) is 6.10 Å². The van der Waals surface area contributed by atoms with Crippen LogP contribution in [0.15, 0.2) is 6.07 Å². The molecule has 0 spiro atoms. The minimum atomic E-state index is 0.424. The largest absolute Gasteiger partial charge is 0.378 e. The molecule has 1 aromatic rings. The molecule has 5 heteroatoms. The van der Waals surface area contributed by atoms with Crippen molar-refractivity contribution in [3.63, 3.8) is 0 Å². The number of rotatable bonds is 7. The molecule has 1 fully saturated rings. The van der Waals surface area contributed by atoms with E-state index in [9.17, 15) is 0 Å². The minimum absolute atomic E-state index is 0.424. The van der Waals surface area contributed by atoms with Crippen LogP contribution in [0.2, 0.25) is 0 Å². The molecule has 0 radical (unpaired) electrons. The van der Waals surface area contributed by atoms with Crippen molar-refractivity contribution in [2.75, 3.05) is 30.3 Å². The zero-order valence-electron chi connectivity index (χ0n) is 11.9. The number of aryl methyl sites for hydroxylation is 1. The third-order valence-electron chi connectivity index (χ3n) is 3.19. The van der Waals surface area contributed by atoms with Gasteiger partial charge in [-0.3, -0.25) is 0 Å². The average Bonchev–Trinajstić information content (AvgIpc) is 2.89. The first-order valence-corrected chi connectivity index (χ1v) is 7.23. The van der Waals surface area contributed by atoms with Gasteiger partial charge in [-0.25, -0.2) is 9.97 Å². The Labute approximate surface area is 115 Å². The molecule has 1 aromatic heterocycles. The quantitative estimate of drug-likeness (QED) is 0.792. The first kappa shape index (κ1) is 14.1. The van der Waals surface area contributed by atoms with Crippen LogP contribution < -0.4 is 10.6 Å². The summed E-state index contributed by atoms with van der Waals surface area (Å²) in [5.41, 5.74) is 0. The molecule has 1 saturated heterocycles. The maximum Gasteiger partial charge on any atom is 0.131 e. The van der Waals surface area contributed by atoms with Gasteiger partial charge in [-0.2, -0.15) is 0 Å². The second-order valence-electron chi connectivity index (χ2n) is 4.96. The Bertz CT molecular complexity index is 391. The number of nitrogens with zero attached hydrogens (tertiary/aromatic N) is 2. The minimum Gasteiger partial charge on any atom is -0.378 e. The van der Waals surface area contributed by atoms with E-state index in [0.717, 1.165) is 50.0 Å². The molecule has 1 aliphatic heterocycles. The lowest BCUT2D eigenvalue weighted by Crippen LogP contribution is -2.14. The molecule has 1 atom stereocenters. The zero-order chi connectivity index (χ0) is 13.5. The van der Waals surface area contributed by atoms with Crippen LogP contribution in [0, 0.1) is 6.92 Å². The highest BCUT2D eigenvalue weighted by Crippen LogP contribution is 2.16. The summed E-state index contributed by atoms with van der Waals surface area (Å²) in [6, 6.07) is 1.97. The van der Waals surface area contributed by atoms with E-state index >= 15 is 0 Å². The van der Waals surface area contributed by atoms with Crippen molar-refractivity contribution in [1.29, 1.82) is 0 Å². The molecular weight excluding hydrogens is 240 g/mol. The third-order valence-corrected chi connectivity index (χ3v) is 3.19. The summed E-state index contributed by atoms with van der Waals surface area (Å²) in [4.78, 5) is 8.77. The van der Waals surface area contributed by atoms with E-state index in [-0.39, 0.29) is 0 Å². The first-order valence-electron chi connectivity index (χ1n) is 7.23. The van der Waals surface area contributed by atoms with Gasteiger partial charge >= 0.3 is 0 Å². The SMILES string of the molecule is CCCNc1cc(NCCC2CCCO2)nc(C)n1. The highest BCUT2D eigenvalue weighted by Gasteiger charge is 2.14. The maximum atomic E-state index is 5.61. The van der Waals surface area contributed by atoms with E-state index in [4.69, 9.17) is 4.74 Å². The van der Waals surface area contributed by atoms with Gasteiger partial charge in [0.15, 0.2) is 0 Å². The maximum absolute atomic E-state index is 5.61. The van der Waals surface area contributed by atoms with E-state index in [0.29, 0.717) is 6.10 Å². The summed E-state index contributed by atoms with van der Waals surface area (Å²) in [7, 11) is 0. The van der Waals surface area contributed by atoms with Crippen LogP contribution in [0.4, 0.5) is 11.6 Å². The molecule has 0 saturated carbocycles. The number of ether oxygens (including phenoxy) is 1. The molecule has 19 heavy (non-hydrogen) atoms. The van der Waals surface area contributed by atoms with Gasteiger partial charge in [0.25, 0.3) is 0 Å². The van der Waals surface area contributed by atoms with Gasteiger partial charge in [0, 0.05) is 25.8 Å². The number of hydrogen-bond donors (Lipinski definition) is 2. The Kier molecular flexibility index (Phi) is 5.39. The normalized spacial score (nSPS) is 18.5. The van der Waals surface area contributed by atoms with Crippen LogP contribution in [-0.4, -0.2) is 35.8 Å². The molecule has 2 heterocycles. The van der Waals surface area contributed by atoms with Crippen molar-refractivity contribution < 1.29 is 4.74 Å². The zero-order valence-corrected chi connectivity index (χ0v) is 11.9. The monoisotopic (exact) mass is 264 g/mol. The van der Waals surface area contributed by atoms with Crippen LogP contribution in [0.25, 0.3) is 0 Å². The molecule has 1 unspecified atom stereocenters. The molecular formula is C14H24N4O. The highest BCUT2D eigenvalue weighted by molar-refractivity contribution is 5.47. The topological polar surface area (TPSA) is 59.1 Å². The van der Waals surface area contributed by atoms with Crippen molar-refractivity contribution in [2.45, 2.75) is 45.6 Å². The smallest absolute Gasteiger partial charge is 0.131 e. The summed E-state index contributed by atoms with van der Waals surface area (Å²) < 4.78 is 5.61. The fourth-order valence-corrected chi connectivity index (χ4v) is 2.24. The standard InChI is InChI=1S/C14H24N4O/c1-3-7-15-13-10-14(18-11(2)17-13)16-8-6-12-5-4-9-19-12/h10,12H,3-9H2,1-2H3,(H2,15,16,17,18). The van der Waals surface area contributed by atoms with Crippen molar-refractivity contribution in [1.82, 2.24) is 9.97 Å². The summed E-state index contributed by atoms with van der Waals surface area (Å²) in [5.74, 6) is 2.58. The Morgan fingerprint density at radius 2 is 2.00 bits per heavy atom. The van der Waals surface area contributed by atoms with Gasteiger partial charge in [0.1, 0.15) is 17.5 Å². The van der Waals surface area contributed by atoms with Crippen molar-refractivity contribution >= 4 is 11.6 Å². The molecule has 1 aliphatic rings. The van der Waals surface area contributed by atoms with Crippen LogP contribution in [-0.2, 0) is 4.74 Å². The van der Waals surface area contributed by atoms with E-state index in [2.05, 4.69) is 27.5 Å². The Hall–Kier alpha value is -1.36. The lowest BCUT2D eigenvalue weighted by atomic mass is 10.2. The molecule has 0 amide bonds. The molecule has 0 aromatic carbocycles. The Balaban J connectivity index is 1.82. The van der Waals surface area contributed by atoms with Gasteiger partial charge < -0.3 is 15.4 Å². The summed E-state index contributed by atoms with van der Waals surface area (Å²) in [6.07, 6.45) is 4.94. The number of anilines is 2. The van der Waals surface area contributed by atoms with Crippen LogP contribution in [0.5, 0.6) is 0 Å². The molecule has 2 N–H and O–H groups in total. The number of hydrogen-bond acceptors (Lipinski definition) is 5. The predicted octanol–water partition coefficient (Wildman–Crippen LogP) is 2.59. The van der Waals surface area contributed by atoms with Crippen LogP contribution in [0.1, 0.15) is 38.4 Å². The Morgan fingerprint density at radius 1 is 1.26 bits per heavy atom. The summed E-state index contributed by atoms with van der Waals surface area (Å²) >= 11 is 0. The Morgan fingerprint density at radius 3 is 2.63 bits per heavy atom. The van der Waals surface area contributed by atoms with E-state index < -0.39 is 0 Å². The summed E-state index contributed by atoms with van der Waals surface area (Å²) in [6.45, 7) is 6.81. The second kappa shape index (κ2) is 7.28. The lowest BCUT2D eigenvalue weighted by Gasteiger charge is -2.12. The number of nitrogens with one attached hydrogen (secondary N) is 2. The van der Waals surface area contributed by atoms with Crippen molar-refractivity contribution in [3.8, 4) is 0 Å². The molecule has 5 nitrogen and oxygen atoms in total. The molecule has 2 rings (SSSR count). The number of aromatic nitrogens is 2. The van der Waals surface area contributed by atoms with E-state index in [1.807, 2.05) is 13.0 Å². The molecule has 106 valence electrons. The van der Waals surface area contributed by atoms with Crippen LogP contribution in [0.3, 0.4) is 0 Å². The third kappa shape index (κ3) is 4.67. The fourth-order valence-electron chi connectivity index (χ4n) is 2.24. The van der Waals surface area contributed by atoms with Crippen molar-refractivity contribution in [3.05, 3.63) is 11.9 Å². The van der Waals surface area contributed by atoms with Gasteiger partial charge in [-0.05, 0) is 32.6 Å². The average molecular weight is 264 g/mol. The lowest BCUT2D eigenvalue weighted by molar-refractivity contribution is 0.107. The van der Waals surface area contributed by atoms with Gasteiger partial charge in [-0.1, -0.05) is 6.92 Å². The van der Waals surface area contributed by atoms with Crippen LogP contribution >= 0.6 is 0 Å². The van der Waals surface area contributed by atoms with Gasteiger partial charge in [-0.15, -0.1) is 0 Å². The molecule has 0 bridgehead atoms. The van der Waals surface area contributed by atoms with Gasteiger partial charge in [0.2, 0.25) is 0 Å². The fraction of sp³-hybridized carbons (Fsp3) is 0.714. The summed E-state index contributed by atoms with van der Waals surface area (Å²) in [5, 5.41) is 6.65. The van der Waals surface area contributed by atoms with E-state index in [1.165, 1.54) is 12.8 Å². The molecule has 0 aliphatic carbocycles. The predicted molar refractivity (Wildman–Crippen MR) is 77.6 cm³/mol.